The van der Waals surface area contributed by atoms with Gasteiger partial charge in [0.05, 0.1) is 5.56 Å². The van der Waals surface area contributed by atoms with E-state index in [1.165, 1.54) is 0 Å². The number of benzene rings is 2. The van der Waals surface area contributed by atoms with E-state index in [2.05, 4.69) is 18.0 Å². The molecule has 110 valence electrons. The summed E-state index contributed by atoms with van der Waals surface area (Å²) < 4.78 is 2.03. The van der Waals surface area contributed by atoms with E-state index in [0.29, 0.717) is 12.1 Å². The molecule has 3 rings (SSSR count). The number of rotatable bonds is 4. The zero-order valence-corrected chi connectivity index (χ0v) is 12.2. The van der Waals surface area contributed by atoms with Gasteiger partial charge in [0.1, 0.15) is 5.82 Å². The van der Waals surface area contributed by atoms with Gasteiger partial charge in [-0.25, -0.2) is 9.78 Å². The van der Waals surface area contributed by atoms with Gasteiger partial charge in [-0.1, -0.05) is 36.4 Å². The van der Waals surface area contributed by atoms with Gasteiger partial charge in [0.15, 0.2) is 0 Å². The molecule has 0 radical (unpaired) electrons. The van der Waals surface area contributed by atoms with Gasteiger partial charge >= 0.3 is 5.97 Å². The van der Waals surface area contributed by atoms with Crippen LogP contribution >= 0.6 is 0 Å². The number of hydrogen-bond donors (Lipinski definition) is 1. The number of aromatic carboxylic acids is 1. The van der Waals surface area contributed by atoms with Crippen LogP contribution in [0.25, 0.3) is 11.4 Å². The third-order valence-corrected chi connectivity index (χ3v) is 3.63. The summed E-state index contributed by atoms with van der Waals surface area (Å²) in [4.78, 5) is 15.5. The summed E-state index contributed by atoms with van der Waals surface area (Å²) in [6.07, 6.45) is 3.68. The van der Waals surface area contributed by atoms with Crippen molar-refractivity contribution in [1.82, 2.24) is 9.55 Å². The molecular formula is C18H16N2O2. The van der Waals surface area contributed by atoms with Gasteiger partial charge in [-0.05, 0) is 30.2 Å². The summed E-state index contributed by atoms with van der Waals surface area (Å²) in [6.45, 7) is 2.64. The molecule has 0 aliphatic heterocycles. The highest BCUT2D eigenvalue weighted by atomic mass is 16.4. The van der Waals surface area contributed by atoms with E-state index in [9.17, 15) is 4.79 Å². The molecule has 2 aromatic carbocycles. The smallest absolute Gasteiger partial charge is 0.335 e. The number of nitrogens with zero attached hydrogens (tertiary/aromatic N) is 2. The van der Waals surface area contributed by atoms with Gasteiger partial charge < -0.3 is 9.67 Å². The molecule has 0 aliphatic rings. The molecule has 4 heteroatoms. The Kier molecular flexibility index (Phi) is 3.74. The largest absolute Gasteiger partial charge is 0.478 e. The number of carbonyl (C=O) groups is 1. The highest BCUT2D eigenvalue weighted by Crippen LogP contribution is 2.22. The topological polar surface area (TPSA) is 55.1 Å². The predicted molar refractivity (Wildman–Crippen MR) is 84.9 cm³/mol. The molecule has 1 aromatic heterocycles. The second-order valence-corrected chi connectivity index (χ2v) is 5.20. The number of aryl methyl sites for hydroxylation is 1. The Morgan fingerprint density at radius 1 is 1.18 bits per heavy atom. The third-order valence-electron chi connectivity index (χ3n) is 3.63. The van der Waals surface area contributed by atoms with Gasteiger partial charge in [-0.15, -0.1) is 0 Å². The number of aromatic nitrogens is 2. The molecule has 0 atom stereocenters. The Bertz CT molecular complexity index is 821. The Morgan fingerprint density at radius 3 is 2.77 bits per heavy atom. The lowest BCUT2D eigenvalue weighted by atomic mass is 10.1. The average molecular weight is 292 g/mol. The van der Waals surface area contributed by atoms with E-state index in [4.69, 9.17) is 5.11 Å². The molecule has 0 amide bonds. The summed E-state index contributed by atoms with van der Waals surface area (Å²) >= 11 is 0. The maximum Gasteiger partial charge on any atom is 0.335 e. The van der Waals surface area contributed by atoms with Crippen molar-refractivity contribution in [2.24, 2.45) is 0 Å². The molecule has 0 saturated heterocycles. The highest BCUT2D eigenvalue weighted by molar-refractivity contribution is 5.87. The lowest BCUT2D eigenvalue weighted by Crippen LogP contribution is -2.04. The Morgan fingerprint density at radius 2 is 2.00 bits per heavy atom. The minimum Gasteiger partial charge on any atom is -0.478 e. The van der Waals surface area contributed by atoms with Gasteiger partial charge in [0.2, 0.25) is 0 Å². The molecule has 0 saturated carbocycles. The monoisotopic (exact) mass is 292 g/mol. The first-order chi connectivity index (χ1) is 10.6. The van der Waals surface area contributed by atoms with Crippen LogP contribution in [0.2, 0.25) is 0 Å². The molecule has 4 nitrogen and oxygen atoms in total. The van der Waals surface area contributed by atoms with Crippen molar-refractivity contribution in [2.45, 2.75) is 13.5 Å². The van der Waals surface area contributed by atoms with Crippen LogP contribution in [0, 0.1) is 6.92 Å². The quantitative estimate of drug-likeness (QED) is 0.799. The third kappa shape index (κ3) is 2.76. The molecule has 22 heavy (non-hydrogen) atoms. The minimum atomic E-state index is -0.911. The number of carboxylic acid groups (broad SMARTS) is 1. The first-order valence-electron chi connectivity index (χ1n) is 7.04. The molecule has 0 fully saturated rings. The molecule has 0 aliphatic carbocycles. The minimum absolute atomic E-state index is 0.301. The van der Waals surface area contributed by atoms with Crippen LogP contribution in [0.3, 0.4) is 0 Å². The summed E-state index contributed by atoms with van der Waals surface area (Å²) in [6, 6.07) is 15.1. The van der Waals surface area contributed by atoms with Crippen LogP contribution in [-0.2, 0) is 6.54 Å². The Balaban J connectivity index is 1.95. The standard InChI is InChI=1S/C18H16N2O2/c1-13-5-2-3-8-16(13)17-19-9-10-20(17)12-14-6-4-7-15(11-14)18(21)22/h2-11H,12H2,1H3,(H,21,22). The Hall–Kier alpha value is -2.88. The van der Waals surface area contributed by atoms with Crippen molar-refractivity contribution < 1.29 is 9.90 Å². The maximum absolute atomic E-state index is 11.1. The zero-order chi connectivity index (χ0) is 15.5. The Labute approximate surface area is 128 Å². The van der Waals surface area contributed by atoms with Crippen molar-refractivity contribution in [2.75, 3.05) is 0 Å². The first-order valence-corrected chi connectivity index (χ1v) is 7.04. The molecule has 3 aromatic rings. The van der Waals surface area contributed by atoms with E-state index >= 15 is 0 Å². The number of carboxylic acids is 1. The fraction of sp³-hybridized carbons (Fsp3) is 0.111. The van der Waals surface area contributed by atoms with Crippen LogP contribution in [0.5, 0.6) is 0 Å². The second kappa shape index (κ2) is 5.85. The number of imidazole rings is 1. The maximum atomic E-state index is 11.1. The average Bonchev–Trinajstić information content (AvgIpc) is 2.96. The van der Waals surface area contributed by atoms with Gasteiger partial charge in [-0.2, -0.15) is 0 Å². The van der Waals surface area contributed by atoms with E-state index < -0.39 is 5.97 Å². The van der Waals surface area contributed by atoms with Crippen molar-refractivity contribution >= 4 is 5.97 Å². The van der Waals surface area contributed by atoms with Crippen LogP contribution < -0.4 is 0 Å². The van der Waals surface area contributed by atoms with Gasteiger partial charge in [0, 0.05) is 24.5 Å². The zero-order valence-electron chi connectivity index (χ0n) is 12.2. The van der Waals surface area contributed by atoms with Crippen molar-refractivity contribution in [1.29, 1.82) is 0 Å². The normalized spacial score (nSPS) is 10.6. The van der Waals surface area contributed by atoms with Crippen LogP contribution in [0.15, 0.2) is 60.9 Å². The SMILES string of the molecule is Cc1ccccc1-c1nccn1Cc1cccc(C(=O)O)c1. The van der Waals surface area contributed by atoms with Crippen LogP contribution in [0.1, 0.15) is 21.5 Å². The molecule has 0 spiro atoms. The number of hydrogen-bond acceptors (Lipinski definition) is 2. The van der Waals surface area contributed by atoms with Gasteiger partial charge in [-0.3, -0.25) is 0 Å². The summed E-state index contributed by atoms with van der Waals surface area (Å²) in [5.41, 5.74) is 3.49. The van der Waals surface area contributed by atoms with Crippen molar-refractivity contribution in [3.8, 4) is 11.4 Å². The predicted octanol–water partition coefficient (Wildman–Crippen LogP) is 3.61. The molecule has 0 unspecified atom stereocenters. The summed E-state index contributed by atoms with van der Waals surface area (Å²) in [5.74, 6) is -0.0227. The summed E-state index contributed by atoms with van der Waals surface area (Å²) in [5, 5.41) is 9.09. The fourth-order valence-electron chi connectivity index (χ4n) is 2.50. The lowest BCUT2D eigenvalue weighted by Gasteiger charge is -2.10. The van der Waals surface area contributed by atoms with Gasteiger partial charge in [0.25, 0.3) is 0 Å². The highest BCUT2D eigenvalue weighted by Gasteiger charge is 2.09. The van der Waals surface area contributed by atoms with E-state index in [0.717, 1.165) is 22.5 Å². The molecule has 0 bridgehead atoms. The lowest BCUT2D eigenvalue weighted by molar-refractivity contribution is 0.0696. The molecular weight excluding hydrogens is 276 g/mol. The van der Waals surface area contributed by atoms with Crippen molar-refractivity contribution in [3.05, 3.63) is 77.6 Å². The van der Waals surface area contributed by atoms with E-state index in [1.54, 1.807) is 24.4 Å². The molecule has 1 N–H and O–H groups in total. The first kappa shape index (κ1) is 14.1. The molecule has 1 heterocycles. The van der Waals surface area contributed by atoms with Crippen molar-refractivity contribution in [3.63, 3.8) is 0 Å². The van der Waals surface area contributed by atoms with Crippen LogP contribution in [0.4, 0.5) is 0 Å². The van der Waals surface area contributed by atoms with Crippen LogP contribution in [-0.4, -0.2) is 20.6 Å². The van der Waals surface area contributed by atoms with E-state index in [1.807, 2.05) is 35.0 Å². The van der Waals surface area contributed by atoms with E-state index in [-0.39, 0.29) is 0 Å². The summed E-state index contributed by atoms with van der Waals surface area (Å²) in [7, 11) is 0. The second-order valence-electron chi connectivity index (χ2n) is 5.20. The fourth-order valence-corrected chi connectivity index (χ4v) is 2.50.